The Hall–Kier alpha value is -0.0600. The Morgan fingerprint density at radius 1 is 1.56 bits per heavy atom. The van der Waals surface area contributed by atoms with E-state index in [0.717, 1.165) is 19.0 Å². The number of aromatic nitrogens is 1. The van der Waals surface area contributed by atoms with Crippen molar-refractivity contribution in [1.82, 2.24) is 10.3 Å². The van der Waals surface area contributed by atoms with E-state index in [1.165, 1.54) is 23.5 Å². The zero-order chi connectivity index (χ0) is 11.6. The quantitative estimate of drug-likeness (QED) is 0.845. The van der Waals surface area contributed by atoms with E-state index < -0.39 is 0 Å². The van der Waals surface area contributed by atoms with E-state index >= 15 is 0 Å². The monoisotopic (exact) mass is 256 g/mol. The van der Waals surface area contributed by atoms with Gasteiger partial charge in [-0.3, -0.25) is 0 Å². The third kappa shape index (κ3) is 3.47. The van der Waals surface area contributed by atoms with Crippen molar-refractivity contribution in [3.63, 3.8) is 0 Å². The summed E-state index contributed by atoms with van der Waals surface area (Å²) in [6.45, 7) is 6.47. The highest BCUT2D eigenvalue weighted by molar-refractivity contribution is 7.99. The summed E-state index contributed by atoms with van der Waals surface area (Å²) in [5, 5.41) is 7.04. The minimum atomic E-state index is 0.315. The van der Waals surface area contributed by atoms with Gasteiger partial charge in [-0.15, -0.1) is 11.3 Å². The van der Waals surface area contributed by atoms with Crippen LogP contribution in [-0.2, 0) is 6.54 Å². The molecule has 0 radical (unpaired) electrons. The van der Waals surface area contributed by atoms with E-state index in [2.05, 4.69) is 35.8 Å². The highest BCUT2D eigenvalue weighted by atomic mass is 32.2. The Morgan fingerprint density at radius 3 is 2.94 bits per heavy atom. The van der Waals surface area contributed by atoms with Gasteiger partial charge in [0, 0.05) is 29.1 Å². The second-order valence-electron chi connectivity index (χ2n) is 5.02. The summed E-state index contributed by atoms with van der Waals surface area (Å²) in [4.78, 5) is 4.67. The molecule has 90 valence electrons. The van der Waals surface area contributed by atoms with Crippen molar-refractivity contribution >= 4 is 23.1 Å². The lowest BCUT2D eigenvalue weighted by Gasteiger charge is -2.21. The third-order valence-corrected chi connectivity index (χ3v) is 5.21. The van der Waals surface area contributed by atoms with Gasteiger partial charge >= 0.3 is 0 Å². The molecule has 0 saturated heterocycles. The molecule has 0 amide bonds. The van der Waals surface area contributed by atoms with Crippen LogP contribution in [0.3, 0.4) is 0 Å². The van der Waals surface area contributed by atoms with Gasteiger partial charge < -0.3 is 5.32 Å². The van der Waals surface area contributed by atoms with Crippen LogP contribution in [0, 0.1) is 0 Å². The van der Waals surface area contributed by atoms with Gasteiger partial charge in [0.05, 0.1) is 10.7 Å². The summed E-state index contributed by atoms with van der Waals surface area (Å²) in [6.07, 6.45) is 4.86. The molecule has 1 aliphatic rings. The van der Waals surface area contributed by atoms with E-state index in [0.29, 0.717) is 4.75 Å². The first-order valence-corrected chi connectivity index (χ1v) is 7.91. The zero-order valence-electron chi connectivity index (χ0n) is 10.2. The highest BCUT2D eigenvalue weighted by Gasteiger charge is 2.26. The molecule has 0 aliphatic heterocycles. The average molecular weight is 256 g/mol. The van der Waals surface area contributed by atoms with Crippen molar-refractivity contribution in [2.45, 2.75) is 43.9 Å². The molecule has 2 rings (SSSR count). The molecule has 2 nitrogen and oxygen atoms in total. The molecular formula is C12H20N2S2. The Morgan fingerprint density at radius 2 is 2.31 bits per heavy atom. The molecular weight excluding hydrogens is 236 g/mol. The van der Waals surface area contributed by atoms with Gasteiger partial charge in [0.15, 0.2) is 0 Å². The van der Waals surface area contributed by atoms with Gasteiger partial charge in [-0.1, -0.05) is 0 Å². The van der Waals surface area contributed by atoms with Crippen LogP contribution in [0.25, 0.3) is 0 Å². The molecule has 4 heteroatoms. The topological polar surface area (TPSA) is 24.9 Å². The number of thiazole rings is 1. The lowest BCUT2D eigenvalue weighted by atomic mass is 10.2. The molecule has 0 spiro atoms. The van der Waals surface area contributed by atoms with E-state index in [4.69, 9.17) is 0 Å². The van der Waals surface area contributed by atoms with Crippen LogP contribution in [0.15, 0.2) is 5.38 Å². The van der Waals surface area contributed by atoms with Crippen LogP contribution in [0.5, 0.6) is 0 Å². The minimum Gasteiger partial charge on any atom is -0.310 e. The first-order valence-electron chi connectivity index (χ1n) is 5.81. The zero-order valence-corrected chi connectivity index (χ0v) is 11.9. The van der Waals surface area contributed by atoms with Gasteiger partial charge in [-0.2, -0.15) is 11.8 Å². The van der Waals surface area contributed by atoms with Crippen molar-refractivity contribution in [3.05, 3.63) is 16.1 Å². The second-order valence-corrected chi connectivity index (χ2v) is 7.42. The number of hydrogen-bond donors (Lipinski definition) is 1. The van der Waals surface area contributed by atoms with Crippen LogP contribution in [0.2, 0.25) is 0 Å². The summed E-state index contributed by atoms with van der Waals surface area (Å²) < 4.78 is 0.315. The fourth-order valence-electron chi connectivity index (χ4n) is 1.49. The molecule has 1 aromatic heterocycles. The molecule has 0 atom stereocenters. The van der Waals surface area contributed by atoms with Crippen LogP contribution >= 0.6 is 23.1 Å². The maximum absolute atomic E-state index is 4.67. The number of nitrogens with zero attached hydrogens (tertiary/aromatic N) is 1. The number of hydrogen-bond acceptors (Lipinski definition) is 4. The predicted molar refractivity (Wildman–Crippen MR) is 73.4 cm³/mol. The molecule has 1 fully saturated rings. The largest absolute Gasteiger partial charge is 0.310 e. The molecule has 0 aromatic carbocycles. The fraction of sp³-hybridized carbons (Fsp3) is 0.750. The van der Waals surface area contributed by atoms with Crippen LogP contribution < -0.4 is 5.32 Å². The van der Waals surface area contributed by atoms with E-state index in [1.54, 1.807) is 0 Å². The first-order chi connectivity index (χ1) is 7.61. The number of rotatable bonds is 6. The Labute approximate surface area is 106 Å². The second kappa shape index (κ2) is 5.07. The normalized spacial score (nSPS) is 16.7. The summed E-state index contributed by atoms with van der Waals surface area (Å²) in [5.74, 6) is 0.793. The maximum atomic E-state index is 4.67. The van der Waals surface area contributed by atoms with Crippen LogP contribution in [0.4, 0.5) is 0 Å². The highest BCUT2D eigenvalue weighted by Crippen LogP contribution is 2.41. The lowest BCUT2D eigenvalue weighted by molar-refractivity contribution is 0.586. The van der Waals surface area contributed by atoms with Gasteiger partial charge in [0.25, 0.3) is 0 Å². The summed E-state index contributed by atoms with van der Waals surface area (Å²) >= 11 is 3.73. The molecule has 1 aromatic rings. The minimum absolute atomic E-state index is 0.315. The molecule has 1 heterocycles. The molecule has 0 unspecified atom stereocenters. The van der Waals surface area contributed by atoms with Crippen molar-refractivity contribution in [2.24, 2.45) is 0 Å². The van der Waals surface area contributed by atoms with Crippen molar-refractivity contribution in [2.75, 3.05) is 12.8 Å². The van der Waals surface area contributed by atoms with Gasteiger partial charge in [-0.05, 0) is 32.9 Å². The molecule has 0 bridgehead atoms. The summed E-state index contributed by atoms with van der Waals surface area (Å²) in [5.41, 5.74) is 1.21. The standard InChI is InChI=1S/C12H20N2S2/c1-12(2,15-3)8-13-6-10-7-16-11(14-10)9-4-5-9/h7,9,13H,4-6,8H2,1-3H3. The fourth-order valence-corrected chi connectivity index (χ4v) is 2.72. The third-order valence-electron chi connectivity index (χ3n) is 2.91. The van der Waals surface area contributed by atoms with Gasteiger partial charge in [-0.25, -0.2) is 4.98 Å². The molecule has 16 heavy (non-hydrogen) atoms. The molecule has 1 saturated carbocycles. The summed E-state index contributed by atoms with van der Waals surface area (Å²) in [7, 11) is 0. The Balaban J connectivity index is 1.76. The smallest absolute Gasteiger partial charge is 0.0959 e. The van der Waals surface area contributed by atoms with Crippen molar-refractivity contribution in [3.8, 4) is 0 Å². The Bertz CT molecular complexity index is 343. The lowest BCUT2D eigenvalue weighted by Crippen LogP contribution is -2.31. The van der Waals surface area contributed by atoms with E-state index in [1.807, 2.05) is 23.1 Å². The molecule has 1 N–H and O–H groups in total. The first kappa shape index (κ1) is 12.4. The van der Waals surface area contributed by atoms with Crippen LogP contribution in [0.1, 0.15) is 43.3 Å². The van der Waals surface area contributed by atoms with Crippen LogP contribution in [-0.4, -0.2) is 22.5 Å². The van der Waals surface area contributed by atoms with Gasteiger partial charge in [0.1, 0.15) is 0 Å². The number of nitrogens with one attached hydrogen (secondary N) is 1. The van der Waals surface area contributed by atoms with Crippen molar-refractivity contribution < 1.29 is 0 Å². The molecule has 1 aliphatic carbocycles. The predicted octanol–water partition coefficient (Wildman–Crippen LogP) is 3.25. The Kier molecular flexibility index (Phi) is 3.93. The van der Waals surface area contributed by atoms with Crippen molar-refractivity contribution in [1.29, 1.82) is 0 Å². The average Bonchev–Trinajstić information content (AvgIpc) is 3.00. The van der Waals surface area contributed by atoms with E-state index in [-0.39, 0.29) is 0 Å². The SMILES string of the molecule is CSC(C)(C)CNCc1csc(C2CC2)n1. The van der Waals surface area contributed by atoms with Gasteiger partial charge in [0.2, 0.25) is 0 Å². The summed E-state index contributed by atoms with van der Waals surface area (Å²) in [6, 6.07) is 0. The maximum Gasteiger partial charge on any atom is 0.0959 e. The number of thioether (sulfide) groups is 1. The van der Waals surface area contributed by atoms with E-state index in [9.17, 15) is 0 Å².